The molecular formula is C27H30ClFN2O3S. The second kappa shape index (κ2) is 12.1. The van der Waals surface area contributed by atoms with Crippen LogP contribution in [0.25, 0.3) is 10.9 Å². The van der Waals surface area contributed by atoms with Gasteiger partial charge in [-0.3, -0.25) is 9.78 Å². The Labute approximate surface area is 214 Å². The molecule has 35 heavy (non-hydrogen) atoms. The van der Waals surface area contributed by atoms with Crippen LogP contribution in [0.5, 0.6) is 5.75 Å². The molecule has 1 aromatic heterocycles. The Morgan fingerprint density at radius 1 is 1.31 bits per heavy atom. The standard InChI is InChI=1S/C27H30ClFN2O3S/c1-34-19-7-9-25-21(16-19)20(10-12-30-25)24(29)8-6-18-11-13-31(17-22(18)27(32)33)14-15-35-26-5-3-2-4-23(26)28/h2-5,7,9-10,12,16,18,22,24H,6,8,11,13-15,17H2,1H3,(H,32,33)/t18-,22+,24?/m1/s1. The second-order valence-corrected chi connectivity index (χ2v) is 10.4. The molecule has 186 valence electrons. The molecular weight excluding hydrogens is 487 g/mol. The van der Waals surface area contributed by atoms with Crippen LogP contribution in [0.4, 0.5) is 4.39 Å². The number of thioether (sulfide) groups is 1. The molecule has 3 atom stereocenters. The number of ether oxygens (including phenoxy) is 1. The van der Waals surface area contributed by atoms with Crippen LogP contribution in [0.2, 0.25) is 5.02 Å². The van der Waals surface area contributed by atoms with E-state index in [2.05, 4.69) is 9.88 Å². The minimum absolute atomic E-state index is 0.0409. The van der Waals surface area contributed by atoms with E-state index in [1.807, 2.05) is 42.5 Å². The number of rotatable bonds is 10. The Morgan fingerprint density at radius 3 is 2.91 bits per heavy atom. The number of carbonyl (C=O) groups is 1. The Balaban J connectivity index is 1.34. The number of aliphatic carboxylic acids is 1. The van der Waals surface area contributed by atoms with Crippen LogP contribution < -0.4 is 4.74 Å². The lowest BCUT2D eigenvalue weighted by atomic mass is 9.81. The topological polar surface area (TPSA) is 62.7 Å². The fraction of sp³-hybridized carbons (Fsp3) is 0.407. The molecule has 2 heterocycles. The van der Waals surface area contributed by atoms with E-state index in [4.69, 9.17) is 16.3 Å². The number of hydrogen-bond donors (Lipinski definition) is 1. The number of pyridine rings is 1. The van der Waals surface area contributed by atoms with E-state index in [1.165, 1.54) is 0 Å². The molecule has 1 unspecified atom stereocenters. The van der Waals surface area contributed by atoms with Gasteiger partial charge in [-0.15, -0.1) is 11.8 Å². The molecule has 1 aliphatic rings. The minimum Gasteiger partial charge on any atom is -0.497 e. The fourth-order valence-electron chi connectivity index (χ4n) is 4.81. The SMILES string of the molecule is COc1ccc2nccc(C(F)CC[C@@H]3CCN(CCSc4ccccc4Cl)C[C@@H]3C(=O)O)c2c1. The van der Waals surface area contributed by atoms with Crippen molar-refractivity contribution < 1.29 is 19.0 Å². The van der Waals surface area contributed by atoms with Gasteiger partial charge < -0.3 is 14.7 Å². The van der Waals surface area contributed by atoms with Crippen LogP contribution in [-0.4, -0.2) is 53.5 Å². The van der Waals surface area contributed by atoms with Gasteiger partial charge in [0, 0.05) is 35.3 Å². The summed E-state index contributed by atoms with van der Waals surface area (Å²) in [7, 11) is 1.58. The third-order valence-corrected chi connectivity index (χ3v) is 8.27. The lowest BCUT2D eigenvalue weighted by Gasteiger charge is -2.36. The van der Waals surface area contributed by atoms with E-state index in [-0.39, 0.29) is 12.3 Å². The predicted octanol–water partition coefficient (Wildman–Crippen LogP) is 6.50. The molecule has 1 fully saturated rings. The third-order valence-electron chi connectivity index (χ3n) is 6.77. The van der Waals surface area contributed by atoms with Gasteiger partial charge >= 0.3 is 5.97 Å². The number of piperidine rings is 1. The number of likely N-dealkylation sites (tertiary alicyclic amines) is 1. The van der Waals surface area contributed by atoms with Crippen molar-refractivity contribution in [3.63, 3.8) is 0 Å². The number of alkyl halides is 1. The van der Waals surface area contributed by atoms with Crippen molar-refractivity contribution in [1.29, 1.82) is 0 Å². The Kier molecular flexibility index (Phi) is 8.87. The number of nitrogens with zero attached hydrogens (tertiary/aromatic N) is 2. The molecule has 0 spiro atoms. The number of carboxylic acid groups (broad SMARTS) is 1. The number of methoxy groups -OCH3 is 1. The summed E-state index contributed by atoms with van der Waals surface area (Å²) in [5, 5.41) is 11.4. The first-order chi connectivity index (χ1) is 17.0. The highest BCUT2D eigenvalue weighted by molar-refractivity contribution is 7.99. The molecule has 0 saturated carbocycles. The van der Waals surface area contributed by atoms with Crippen molar-refractivity contribution in [1.82, 2.24) is 9.88 Å². The number of benzene rings is 2. The normalized spacial score (nSPS) is 19.5. The average Bonchev–Trinajstić information content (AvgIpc) is 2.88. The highest BCUT2D eigenvalue weighted by Crippen LogP contribution is 2.35. The van der Waals surface area contributed by atoms with E-state index in [1.54, 1.807) is 31.1 Å². The summed E-state index contributed by atoms with van der Waals surface area (Å²) in [6, 6.07) is 14.9. The number of fused-ring (bicyclic) bond motifs is 1. The van der Waals surface area contributed by atoms with Crippen molar-refractivity contribution in [2.75, 3.05) is 32.5 Å². The zero-order chi connectivity index (χ0) is 24.8. The quantitative estimate of drug-likeness (QED) is 0.310. The van der Waals surface area contributed by atoms with Gasteiger partial charge in [0.1, 0.15) is 11.9 Å². The number of carboxylic acids is 1. The Hall–Kier alpha value is -2.35. The maximum absolute atomic E-state index is 15.4. The largest absolute Gasteiger partial charge is 0.497 e. The lowest BCUT2D eigenvalue weighted by molar-refractivity contribution is -0.146. The highest BCUT2D eigenvalue weighted by atomic mass is 35.5. The van der Waals surface area contributed by atoms with Gasteiger partial charge in [-0.1, -0.05) is 23.7 Å². The van der Waals surface area contributed by atoms with Crippen LogP contribution in [0.1, 0.15) is 31.0 Å². The van der Waals surface area contributed by atoms with Gasteiger partial charge in [-0.2, -0.15) is 0 Å². The number of hydrogen-bond acceptors (Lipinski definition) is 5. The van der Waals surface area contributed by atoms with Gasteiger partial charge in [-0.05, 0) is 73.7 Å². The maximum Gasteiger partial charge on any atom is 0.308 e. The summed E-state index contributed by atoms with van der Waals surface area (Å²) in [5.41, 5.74) is 1.30. The van der Waals surface area contributed by atoms with E-state index in [9.17, 15) is 9.90 Å². The van der Waals surface area contributed by atoms with E-state index in [0.717, 1.165) is 46.1 Å². The van der Waals surface area contributed by atoms with Gasteiger partial charge in [0.15, 0.2) is 0 Å². The van der Waals surface area contributed by atoms with E-state index < -0.39 is 18.1 Å². The Bertz CT molecular complexity index is 1160. The summed E-state index contributed by atoms with van der Waals surface area (Å²) < 4.78 is 20.7. The predicted molar refractivity (Wildman–Crippen MR) is 139 cm³/mol. The smallest absolute Gasteiger partial charge is 0.308 e. The van der Waals surface area contributed by atoms with Crippen LogP contribution >= 0.6 is 23.4 Å². The molecule has 0 amide bonds. The first-order valence-corrected chi connectivity index (χ1v) is 13.2. The summed E-state index contributed by atoms with van der Waals surface area (Å²) in [6.45, 7) is 2.11. The molecule has 1 N–H and O–H groups in total. The van der Waals surface area contributed by atoms with Gasteiger partial charge in [0.05, 0.1) is 23.6 Å². The second-order valence-electron chi connectivity index (χ2n) is 8.90. The Morgan fingerprint density at radius 2 is 2.14 bits per heavy atom. The molecule has 1 saturated heterocycles. The molecule has 0 radical (unpaired) electrons. The highest BCUT2D eigenvalue weighted by Gasteiger charge is 2.34. The summed E-state index contributed by atoms with van der Waals surface area (Å²) in [4.78, 5) is 19.6. The first-order valence-electron chi connectivity index (χ1n) is 11.9. The third kappa shape index (κ3) is 6.46. The molecule has 3 aromatic rings. The zero-order valence-corrected chi connectivity index (χ0v) is 21.3. The molecule has 5 nitrogen and oxygen atoms in total. The summed E-state index contributed by atoms with van der Waals surface area (Å²) in [6.07, 6.45) is 2.01. The van der Waals surface area contributed by atoms with Crippen molar-refractivity contribution >= 4 is 40.2 Å². The van der Waals surface area contributed by atoms with Gasteiger partial charge in [0.25, 0.3) is 0 Å². The maximum atomic E-state index is 15.4. The summed E-state index contributed by atoms with van der Waals surface area (Å²) >= 11 is 7.91. The molecule has 1 aliphatic heterocycles. The van der Waals surface area contributed by atoms with Crippen LogP contribution in [-0.2, 0) is 4.79 Å². The van der Waals surface area contributed by atoms with Gasteiger partial charge in [-0.25, -0.2) is 4.39 Å². The molecule has 0 bridgehead atoms. The molecule has 8 heteroatoms. The average molecular weight is 517 g/mol. The van der Waals surface area contributed by atoms with Crippen LogP contribution in [0.3, 0.4) is 0 Å². The molecule has 2 aromatic carbocycles. The molecule has 4 rings (SSSR count). The monoisotopic (exact) mass is 516 g/mol. The van der Waals surface area contributed by atoms with E-state index in [0.29, 0.717) is 24.3 Å². The number of aromatic nitrogens is 1. The van der Waals surface area contributed by atoms with Crippen LogP contribution in [0.15, 0.2) is 59.6 Å². The van der Waals surface area contributed by atoms with Crippen molar-refractivity contribution in [2.45, 2.75) is 30.3 Å². The minimum atomic E-state index is -1.19. The molecule has 0 aliphatic carbocycles. The lowest BCUT2D eigenvalue weighted by Crippen LogP contribution is -2.44. The zero-order valence-electron chi connectivity index (χ0n) is 19.7. The summed E-state index contributed by atoms with van der Waals surface area (Å²) in [5.74, 6) is 0.167. The van der Waals surface area contributed by atoms with Gasteiger partial charge in [0.2, 0.25) is 0 Å². The van der Waals surface area contributed by atoms with Crippen molar-refractivity contribution in [3.05, 3.63) is 65.3 Å². The van der Waals surface area contributed by atoms with Crippen molar-refractivity contribution in [3.8, 4) is 5.75 Å². The first kappa shape index (κ1) is 25.7. The van der Waals surface area contributed by atoms with Crippen molar-refractivity contribution in [2.24, 2.45) is 11.8 Å². The fourth-order valence-corrected chi connectivity index (χ4v) is 6.06. The number of halogens is 2. The van der Waals surface area contributed by atoms with E-state index >= 15 is 4.39 Å². The van der Waals surface area contributed by atoms with Crippen LogP contribution in [0, 0.1) is 11.8 Å².